The Morgan fingerprint density at radius 2 is 2.30 bits per heavy atom. The lowest BCUT2D eigenvalue weighted by Crippen LogP contribution is -2.35. The maximum absolute atomic E-state index is 12.0. The first-order chi connectivity index (χ1) is 9.45. The first-order valence-electron chi connectivity index (χ1n) is 6.51. The summed E-state index contributed by atoms with van der Waals surface area (Å²) in [5.74, 6) is -0.744. The van der Waals surface area contributed by atoms with Crippen molar-refractivity contribution in [2.45, 2.75) is 13.0 Å². The highest BCUT2D eigenvalue weighted by Gasteiger charge is 2.23. The molecule has 8 heteroatoms. The number of likely N-dealkylation sites (N-methyl/N-ethyl adjacent to an activating group) is 1. The molecule has 1 amide bonds. The van der Waals surface area contributed by atoms with Gasteiger partial charge in [-0.1, -0.05) is 5.21 Å². The highest BCUT2D eigenvalue weighted by Crippen LogP contribution is 2.15. The molecule has 1 saturated heterocycles. The van der Waals surface area contributed by atoms with Gasteiger partial charge in [-0.05, 0) is 25.9 Å². The number of aromatic nitrogens is 3. The van der Waals surface area contributed by atoms with E-state index >= 15 is 0 Å². The highest BCUT2D eigenvalue weighted by molar-refractivity contribution is 5.84. The second-order valence-corrected chi connectivity index (χ2v) is 5.30. The Morgan fingerprint density at radius 3 is 2.85 bits per heavy atom. The number of hydrogen-bond donors (Lipinski definition) is 1. The van der Waals surface area contributed by atoms with Gasteiger partial charge in [-0.2, -0.15) is 0 Å². The number of aromatic carboxylic acids is 1. The van der Waals surface area contributed by atoms with Gasteiger partial charge in [0.15, 0.2) is 5.69 Å². The lowest BCUT2D eigenvalue weighted by molar-refractivity contribution is -0.131. The van der Waals surface area contributed by atoms with Crippen LogP contribution in [0.5, 0.6) is 0 Å². The zero-order valence-electron chi connectivity index (χ0n) is 11.7. The summed E-state index contributed by atoms with van der Waals surface area (Å²) in [6.45, 7) is 2.80. The van der Waals surface area contributed by atoms with Gasteiger partial charge in [-0.15, -0.1) is 5.10 Å². The van der Waals surface area contributed by atoms with E-state index in [1.807, 2.05) is 0 Å². The summed E-state index contributed by atoms with van der Waals surface area (Å²) in [5.41, 5.74) is -0.155. The van der Waals surface area contributed by atoms with Crippen molar-refractivity contribution in [3.8, 4) is 0 Å². The fourth-order valence-electron chi connectivity index (χ4n) is 2.40. The molecule has 0 spiro atoms. The van der Waals surface area contributed by atoms with Gasteiger partial charge in [0.25, 0.3) is 0 Å². The largest absolute Gasteiger partial charge is 0.476 e. The number of carboxylic acids is 1. The van der Waals surface area contributed by atoms with Crippen molar-refractivity contribution < 1.29 is 14.7 Å². The summed E-state index contributed by atoms with van der Waals surface area (Å²) in [4.78, 5) is 26.6. The van der Waals surface area contributed by atoms with E-state index in [0.29, 0.717) is 12.5 Å². The fourth-order valence-corrected chi connectivity index (χ4v) is 2.40. The summed E-state index contributed by atoms with van der Waals surface area (Å²) < 4.78 is 1.25. The van der Waals surface area contributed by atoms with E-state index in [1.54, 1.807) is 11.9 Å². The molecule has 0 saturated carbocycles. The number of carboxylic acid groups (broad SMARTS) is 1. The fraction of sp³-hybridized carbons (Fsp3) is 0.667. The standard InChI is InChI=1S/C12H19N5O3/c1-15-4-3-9(5-15)6-16(2)11(18)8-17-7-10(12(19)20)13-14-17/h7,9H,3-6,8H2,1-2H3,(H,19,20). The second kappa shape index (κ2) is 6.00. The maximum Gasteiger partial charge on any atom is 0.358 e. The summed E-state index contributed by atoms with van der Waals surface area (Å²) in [6, 6.07) is 0. The molecular formula is C12H19N5O3. The number of amides is 1. The normalized spacial score (nSPS) is 19.2. The summed E-state index contributed by atoms with van der Waals surface area (Å²) in [6.07, 6.45) is 2.36. The van der Waals surface area contributed by atoms with Gasteiger partial charge in [0.1, 0.15) is 6.54 Å². The molecule has 1 atom stereocenters. The predicted octanol–water partition coefficient (Wildman–Crippen LogP) is -0.614. The number of rotatable bonds is 5. The Morgan fingerprint density at radius 1 is 1.55 bits per heavy atom. The summed E-state index contributed by atoms with van der Waals surface area (Å²) in [7, 11) is 3.83. The van der Waals surface area contributed by atoms with Gasteiger partial charge in [-0.3, -0.25) is 4.79 Å². The molecule has 20 heavy (non-hydrogen) atoms. The molecule has 1 aromatic heterocycles. The van der Waals surface area contributed by atoms with Crippen LogP contribution in [-0.2, 0) is 11.3 Å². The van der Waals surface area contributed by atoms with Gasteiger partial charge < -0.3 is 14.9 Å². The lowest BCUT2D eigenvalue weighted by Gasteiger charge is -2.21. The second-order valence-electron chi connectivity index (χ2n) is 5.30. The molecule has 1 aliphatic heterocycles. The van der Waals surface area contributed by atoms with Crippen LogP contribution in [0.4, 0.5) is 0 Å². The van der Waals surface area contributed by atoms with Crippen LogP contribution in [0.15, 0.2) is 6.20 Å². The number of likely N-dealkylation sites (tertiary alicyclic amines) is 1. The zero-order valence-corrected chi connectivity index (χ0v) is 11.7. The molecule has 0 bridgehead atoms. The molecule has 8 nitrogen and oxygen atoms in total. The van der Waals surface area contributed by atoms with Crippen molar-refractivity contribution in [2.24, 2.45) is 5.92 Å². The Bertz CT molecular complexity index is 501. The average Bonchev–Trinajstić information content (AvgIpc) is 2.98. The van der Waals surface area contributed by atoms with Crippen LogP contribution >= 0.6 is 0 Å². The Hall–Kier alpha value is -1.96. The average molecular weight is 281 g/mol. The Balaban J connectivity index is 1.85. The molecular weight excluding hydrogens is 262 g/mol. The number of carbonyl (C=O) groups is 2. The van der Waals surface area contributed by atoms with E-state index < -0.39 is 5.97 Å². The molecule has 0 aromatic carbocycles. The van der Waals surface area contributed by atoms with Gasteiger partial charge in [0.05, 0.1) is 6.20 Å². The molecule has 0 aliphatic carbocycles. The van der Waals surface area contributed by atoms with Crippen molar-refractivity contribution in [3.63, 3.8) is 0 Å². The molecule has 1 N–H and O–H groups in total. The van der Waals surface area contributed by atoms with E-state index in [1.165, 1.54) is 10.9 Å². The predicted molar refractivity (Wildman–Crippen MR) is 70.2 cm³/mol. The van der Waals surface area contributed by atoms with E-state index in [0.717, 1.165) is 19.5 Å². The highest BCUT2D eigenvalue weighted by atomic mass is 16.4. The number of nitrogens with zero attached hydrogens (tertiary/aromatic N) is 5. The zero-order chi connectivity index (χ0) is 14.7. The van der Waals surface area contributed by atoms with Gasteiger partial charge >= 0.3 is 5.97 Å². The minimum atomic E-state index is -1.15. The van der Waals surface area contributed by atoms with Crippen molar-refractivity contribution in [1.82, 2.24) is 24.8 Å². The quantitative estimate of drug-likeness (QED) is 0.774. The van der Waals surface area contributed by atoms with Crippen LogP contribution in [0.2, 0.25) is 0 Å². The first-order valence-corrected chi connectivity index (χ1v) is 6.51. The molecule has 2 heterocycles. The minimum Gasteiger partial charge on any atom is -0.476 e. The monoisotopic (exact) mass is 281 g/mol. The lowest BCUT2D eigenvalue weighted by atomic mass is 10.1. The van der Waals surface area contributed by atoms with Crippen LogP contribution in [0, 0.1) is 5.92 Å². The van der Waals surface area contributed by atoms with E-state index in [2.05, 4.69) is 22.3 Å². The van der Waals surface area contributed by atoms with E-state index in [9.17, 15) is 9.59 Å². The van der Waals surface area contributed by atoms with Crippen LogP contribution in [-0.4, -0.2) is 75.5 Å². The molecule has 1 unspecified atom stereocenters. The van der Waals surface area contributed by atoms with Gasteiger partial charge in [0, 0.05) is 20.1 Å². The van der Waals surface area contributed by atoms with E-state index in [4.69, 9.17) is 5.11 Å². The smallest absolute Gasteiger partial charge is 0.358 e. The van der Waals surface area contributed by atoms with Crippen molar-refractivity contribution >= 4 is 11.9 Å². The van der Waals surface area contributed by atoms with Crippen LogP contribution in [0.3, 0.4) is 0 Å². The van der Waals surface area contributed by atoms with Crippen LogP contribution in [0.25, 0.3) is 0 Å². The molecule has 1 aliphatic rings. The summed E-state index contributed by atoms with van der Waals surface area (Å²) in [5, 5.41) is 15.9. The third kappa shape index (κ3) is 3.53. The number of hydrogen-bond acceptors (Lipinski definition) is 5. The summed E-state index contributed by atoms with van der Waals surface area (Å²) >= 11 is 0. The Labute approximate surface area is 117 Å². The topological polar surface area (TPSA) is 91.6 Å². The van der Waals surface area contributed by atoms with Crippen molar-refractivity contribution in [3.05, 3.63) is 11.9 Å². The SMILES string of the molecule is CN1CCC(CN(C)C(=O)Cn2cc(C(=O)O)nn2)C1. The first kappa shape index (κ1) is 14.4. The molecule has 2 rings (SSSR count). The van der Waals surface area contributed by atoms with Crippen molar-refractivity contribution in [2.75, 3.05) is 33.7 Å². The van der Waals surface area contributed by atoms with Gasteiger partial charge in [-0.25, -0.2) is 9.48 Å². The van der Waals surface area contributed by atoms with Crippen LogP contribution in [0.1, 0.15) is 16.9 Å². The molecule has 1 fully saturated rings. The van der Waals surface area contributed by atoms with Crippen molar-refractivity contribution in [1.29, 1.82) is 0 Å². The van der Waals surface area contributed by atoms with E-state index in [-0.39, 0.29) is 18.1 Å². The third-order valence-corrected chi connectivity index (χ3v) is 3.50. The molecule has 110 valence electrons. The minimum absolute atomic E-state index is 0.0132. The maximum atomic E-state index is 12.0. The number of carbonyl (C=O) groups excluding carboxylic acids is 1. The van der Waals surface area contributed by atoms with Crippen LogP contribution < -0.4 is 0 Å². The van der Waals surface area contributed by atoms with Gasteiger partial charge in [0.2, 0.25) is 5.91 Å². The molecule has 0 radical (unpaired) electrons. The Kier molecular flexibility index (Phi) is 4.33. The molecule has 1 aromatic rings. The third-order valence-electron chi connectivity index (χ3n) is 3.50.